The van der Waals surface area contributed by atoms with Crippen LogP contribution in [0.3, 0.4) is 0 Å². The van der Waals surface area contributed by atoms with Crippen LogP contribution in [0, 0.1) is 5.82 Å². The lowest BCUT2D eigenvalue weighted by molar-refractivity contribution is 0.0956. The van der Waals surface area contributed by atoms with Crippen molar-refractivity contribution in [3.8, 4) is 0 Å². The molecule has 3 rings (SSSR count). The minimum Gasteiger partial charge on any atom is -0.352 e. The van der Waals surface area contributed by atoms with Gasteiger partial charge in [0.2, 0.25) is 0 Å². The number of aromatic nitrogens is 1. The van der Waals surface area contributed by atoms with E-state index < -0.39 is 0 Å². The maximum atomic E-state index is 14.0. The number of pyridine rings is 1. The maximum absolute atomic E-state index is 14.0. The topological polar surface area (TPSA) is 54.0 Å². The molecule has 4 nitrogen and oxygen atoms in total. The van der Waals surface area contributed by atoms with Gasteiger partial charge in [0.15, 0.2) is 0 Å². The van der Waals surface area contributed by atoms with E-state index in [0.29, 0.717) is 30.5 Å². The third kappa shape index (κ3) is 2.04. The van der Waals surface area contributed by atoms with E-state index in [-0.39, 0.29) is 17.2 Å². The fourth-order valence-corrected chi connectivity index (χ4v) is 2.67. The molecule has 0 radical (unpaired) electrons. The van der Waals surface area contributed by atoms with Crippen molar-refractivity contribution < 1.29 is 9.18 Å². The molecule has 1 aromatic heterocycles. The maximum Gasteiger partial charge on any atom is 0.252 e. The summed E-state index contributed by atoms with van der Waals surface area (Å²) >= 11 is 0. The largest absolute Gasteiger partial charge is 0.352 e. The van der Waals surface area contributed by atoms with Crippen molar-refractivity contribution in [1.29, 1.82) is 0 Å². The molecule has 104 valence electrons. The number of amides is 1. The summed E-state index contributed by atoms with van der Waals surface area (Å²) in [5.74, 6) is -0.542. The van der Waals surface area contributed by atoms with Crippen LogP contribution in [0.1, 0.15) is 28.5 Å². The second-order valence-corrected chi connectivity index (χ2v) is 4.83. The Morgan fingerprint density at radius 2 is 2.35 bits per heavy atom. The van der Waals surface area contributed by atoms with Gasteiger partial charge in [0.25, 0.3) is 5.91 Å². The Balaban J connectivity index is 2.32. The lowest BCUT2D eigenvalue weighted by atomic mass is 9.96. The molecule has 2 aromatic rings. The predicted molar refractivity (Wildman–Crippen MR) is 75.1 cm³/mol. The first-order valence-electron chi connectivity index (χ1n) is 6.81. The number of nitrogens with one attached hydrogen (secondary N) is 2. The lowest BCUT2D eigenvalue weighted by Gasteiger charge is -2.21. The van der Waals surface area contributed by atoms with E-state index in [0.717, 1.165) is 17.8 Å². The number of carbonyl (C=O) groups is 1. The fourth-order valence-electron chi connectivity index (χ4n) is 2.67. The quantitative estimate of drug-likeness (QED) is 0.877. The number of hydrogen-bond acceptors (Lipinski definition) is 3. The van der Waals surface area contributed by atoms with Gasteiger partial charge in [-0.05, 0) is 13.0 Å². The molecular formula is C15H16FN3O. The van der Waals surface area contributed by atoms with Gasteiger partial charge in [0.1, 0.15) is 11.3 Å². The average Bonchev–Trinajstić information content (AvgIpc) is 2.46. The molecule has 1 aromatic carbocycles. The molecule has 0 saturated carbocycles. The molecule has 1 amide bonds. The van der Waals surface area contributed by atoms with Gasteiger partial charge < -0.3 is 10.6 Å². The third-order valence-corrected chi connectivity index (χ3v) is 3.56. The van der Waals surface area contributed by atoms with Crippen molar-refractivity contribution in [2.24, 2.45) is 0 Å². The molecule has 1 aliphatic heterocycles. The molecule has 2 heterocycles. The van der Waals surface area contributed by atoms with Gasteiger partial charge in [-0.3, -0.25) is 4.79 Å². The summed E-state index contributed by atoms with van der Waals surface area (Å²) in [6, 6.07) is 4.75. The Labute approximate surface area is 116 Å². The van der Waals surface area contributed by atoms with Crippen molar-refractivity contribution in [2.45, 2.75) is 19.9 Å². The molecule has 2 N–H and O–H groups in total. The number of hydrogen-bond donors (Lipinski definition) is 2. The van der Waals surface area contributed by atoms with Crippen LogP contribution in [0.5, 0.6) is 0 Å². The number of fused-ring (bicyclic) bond motifs is 2. The minimum absolute atomic E-state index is 0.162. The number of nitrogens with zero attached hydrogens (tertiary/aromatic N) is 1. The van der Waals surface area contributed by atoms with E-state index in [9.17, 15) is 9.18 Å². The van der Waals surface area contributed by atoms with Crippen LogP contribution >= 0.6 is 0 Å². The van der Waals surface area contributed by atoms with E-state index in [4.69, 9.17) is 0 Å². The second kappa shape index (κ2) is 5.17. The van der Waals surface area contributed by atoms with Crippen LogP contribution in [0.4, 0.5) is 4.39 Å². The zero-order chi connectivity index (χ0) is 14.1. The molecule has 0 atom stereocenters. The number of carbonyl (C=O) groups excluding carboxylic acids is 1. The Morgan fingerprint density at radius 3 is 3.15 bits per heavy atom. The summed E-state index contributed by atoms with van der Waals surface area (Å²) in [6.45, 7) is 3.81. The lowest BCUT2D eigenvalue weighted by Crippen LogP contribution is -2.31. The van der Waals surface area contributed by atoms with E-state index in [2.05, 4.69) is 15.6 Å². The van der Waals surface area contributed by atoms with Gasteiger partial charge >= 0.3 is 0 Å². The Bertz CT molecular complexity index is 684. The molecule has 1 aliphatic rings. The van der Waals surface area contributed by atoms with Crippen LogP contribution < -0.4 is 10.6 Å². The second-order valence-electron chi connectivity index (χ2n) is 4.83. The van der Waals surface area contributed by atoms with Gasteiger partial charge in [-0.1, -0.05) is 12.1 Å². The molecule has 0 fully saturated rings. The highest BCUT2D eigenvalue weighted by molar-refractivity contribution is 6.07. The zero-order valence-electron chi connectivity index (χ0n) is 11.3. The number of benzene rings is 1. The zero-order valence-corrected chi connectivity index (χ0v) is 11.3. The monoisotopic (exact) mass is 273 g/mol. The van der Waals surface area contributed by atoms with Crippen molar-refractivity contribution in [3.05, 3.63) is 40.8 Å². The van der Waals surface area contributed by atoms with Gasteiger partial charge in [-0.15, -0.1) is 0 Å². The van der Waals surface area contributed by atoms with E-state index >= 15 is 0 Å². The number of halogens is 1. The summed E-state index contributed by atoms with van der Waals surface area (Å²) in [6.07, 6.45) is 0.714. The summed E-state index contributed by atoms with van der Waals surface area (Å²) in [7, 11) is 0. The summed E-state index contributed by atoms with van der Waals surface area (Å²) in [5, 5.41) is 6.63. The predicted octanol–water partition coefficient (Wildman–Crippen LogP) is 1.77. The van der Waals surface area contributed by atoms with E-state index in [1.165, 1.54) is 6.07 Å². The number of para-hydroxylation sites is 1. The van der Waals surface area contributed by atoms with Crippen molar-refractivity contribution in [1.82, 2.24) is 15.6 Å². The Hall–Kier alpha value is -2.01. The smallest absolute Gasteiger partial charge is 0.252 e. The molecule has 5 heteroatoms. The first kappa shape index (κ1) is 13.0. The highest BCUT2D eigenvalue weighted by atomic mass is 19.1. The highest BCUT2D eigenvalue weighted by Gasteiger charge is 2.23. The normalized spacial score (nSPS) is 14.1. The first-order valence-corrected chi connectivity index (χ1v) is 6.81. The molecule has 0 unspecified atom stereocenters. The molecule has 0 saturated heterocycles. The molecule has 20 heavy (non-hydrogen) atoms. The van der Waals surface area contributed by atoms with Crippen LogP contribution in [-0.4, -0.2) is 24.0 Å². The van der Waals surface area contributed by atoms with Crippen molar-refractivity contribution in [3.63, 3.8) is 0 Å². The SMILES string of the molecule is CCNC(=O)c1c2c(nc3c(F)cccc13)CCNC2. The minimum atomic E-state index is -0.380. The first-order chi connectivity index (χ1) is 9.72. The van der Waals surface area contributed by atoms with Gasteiger partial charge in [0.05, 0.1) is 5.56 Å². The molecular weight excluding hydrogens is 257 g/mol. The summed E-state index contributed by atoms with van der Waals surface area (Å²) < 4.78 is 14.0. The molecule has 0 spiro atoms. The van der Waals surface area contributed by atoms with Crippen molar-refractivity contribution in [2.75, 3.05) is 13.1 Å². The van der Waals surface area contributed by atoms with Crippen LogP contribution in [0.2, 0.25) is 0 Å². The third-order valence-electron chi connectivity index (χ3n) is 3.56. The van der Waals surface area contributed by atoms with E-state index in [1.54, 1.807) is 12.1 Å². The Kier molecular flexibility index (Phi) is 3.36. The van der Waals surface area contributed by atoms with Crippen molar-refractivity contribution >= 4 is 16.8 Å². The summed E-state index contributed by atoms with van der Waals surface area (Å²) in [4.78, 5) is 16.8. The Morgan fingerprint density at radius 1 is 1.50 bits per heavy atom. The van der Waals surface area contributed by atoms with Gasteiger partial charge in [0, 0.05) is 42.7 Å². The van der Waals surface area contributed by atoms with E-state index in [1.807, 2.05) is 6.92 Å². The van der Waals surface area contributed by atoms with Crippen LogP contribution in [0.15, 0.2) is 18.2 Å². The molecule has 0 bridgehead atoms. The molecule has 0 aliphatic carbocycles. The number of rotatable bonds is 2. The average molecular weight is 273 g/mol. The van der Waals surface area contributed by atoms with Crippen LogP contribution in [-0.2, 0) is 13.0 Å². The highest BCUT2D eigenvalue weighted by Crippen LogP contribution is 2.27. The van der Waals surface area contributed by atoms with Gasteiger partial charge in [-0.2, -0.15) is 0 Å². The standard InChI is InChI=1S/C15H16FN3O/c1-2-18-15(20)13-9-4-3-5-11(16)14(9)19-12-6-7-17-8-10(12)13/h3-5,17H,2,6-8H2,1H3,(H,18,20). The van der Waals surface area contributed by atoms with Crippen LogP contribution in [0.25, 0.3) is 10.9 Å². The fraction of sp³-hybridized carbons (Fsp3) is 0.333. The summed E-state index contributed by atoms with van der Waals surface area (Å²) in [5.41, 5.74) is 2.55. The van der Waals surface area contributed by atoms with Gasteiger partial charge in [-0.25, -0.2) is 9.37 Å².